The van der Waals surface area contributed by atoms with Crippen LogP contribution in [-0.4, -0.2) is 47.2 Å². The highest BCUT2D eigenvalue weighted by Crippen LogP contribution is 2.39. The lowest BCUT2D eigenvalue weighted by Crippen LogP contribution is -2.37. The number of nitrogens with zero attached hydrogens (tertiary/aromatic N) is 2. The fraction of sp³-hybridized carbons (Fsp3) is 0.467. The topological polar surface area (TPSA) is 66.8 Å². The van der Waals surface area contributed by atoms with E-state index >= 15 is 0 Å². The van der Waals surface area contributed by atoms with Crippen molar-refractivity contribution in [2.24, 2.45) is 4.99 Å². The lowest BCUT2D eigenvalue weighted by atomic mass is 10.1. The molecule has 0 spiro atoms. The van der Waals surface area contributed by atoms with Crippen LogP contribution >= 0.6 is 23.4 Å². The highest BCUT2D eigenvalue weighted by molar-refractivity contribution is 8.15. The molecule has 0 saturated carbocycles. The molecule has 0 unspecified atom stereocenters. The zero-order valence-electron chi connectivity index (χ0n) is 12.6. The molecule has 3 rings (SSSR count). The third-order valence-electron chi connectivity index (χ3n) is 3.96. The van der Waals surface area contributed by atoms with Gasteiger partial charge in [-0.25, -0.2) is 8.42 Å². The van der Waals surface area contributed by atoms with E-state index < -0.39 is 9.84 Å². The number of benzene rings is 1. The molecule has 1 aromatic carbocycles. The molecule has 1 aromatic rings. The number of amides is 1. The Hall–Kier alpha value is -1.05. The van der Waals surface area contributed by atoms with Gasteiger partial charge in [0.1, 0.15) is 0 Å². The molecule has 0 N–H and O–H groups in total. The first-order valence-corrected chi connectivity index (χ1v) is 10.5. The number of aliphatic imine (C=N–C) groups is 1. The van der Waals surface area contributed by atoms with E-state index in [0.29, 0.717) is 23.2 Å². The molecular formula is C15H17ClN2O3S2. The predicted molar refractivity (Wildman–Crippen MR) is 93.5 cm³/mol. The third kappa shape index (κ3) is 3.72. The van der Waals surface area contributed by atoms with Gasteiger partial charge in [-0.3, -0.25) is 4.79 Å². The number of thioether (sulfide) groups is 1. The molecule has 2 aliphatic rings. The summed E-state index contributed by atoms with van der Waals surface area (Å²) in [5.74, 6) is 0.0903. The van der Waals surface area contributed by atoms with Gasteiger partial charge >= 0.3 is 0 Å². The van der Waals surface area contributed by atoms with Crippen molar-refractivity contribution in [3.05, 3.63) is 34.9 Å². The molecule has 2 atom stereocenters. The van der Waals surface area contributed by atoms with Crippen molar-refractivity contribution < 1.29 is 13.2 Å². The molecule has 2 heterocycles. The van der Waals surface area contributed by atoms with Crippen LogP contribution in [0.1, 0.15) is 18.9 Å². The molecule has 1 amide bonds. The standard InChI is InChI=1S/C15H17ClN2O3S2/c1-2-14(19)17-15-18(7-10-3-5-11(16)6-4-10)12-8-23(20,21)9-13(12)22-15/h3-6,12-13H,2,7-9H2,1H3/t12-,13-/m0/s1. The number of halogens is 1. The van der Waals surface area contributed by atoms with E-state index in [1.807, 2.05) is 17.0 Å². The Labute approximate surface area is 145 Å². The largest absolute Gasteiger partial charge is 0.342 e. The average molecular weight is 373 g/mol. The molecule has 0 aliphatic carbocycles. The zero-order valence-corrected chi connectivity index (χ0v) is 15.0. The van der Waals surface area contributed by atoms with Gasteiger partial charge in [0.15, 0.2) is 15.0 Å². The van der Waals surface area contributed by atoms with Gasteiger partial charge in [0.2, 0.25) is 5.91 Å². The van der Waals surface area contributed by atoms with Gasteiger partial charge < -0.3 is 4.90 Å². The first kappa shape index (κ1) is 16.8. The van der Waals surface area contributed by atoms with Crippen LogP contribution in [0.25, 0.3) is 0 Å². The van der Waals surface area contributed by atoms with Gasteiger partial charge in [0.05, 0.1) is 17.5 Å². The summed E-state index contributed by atoms with van der Waals surface area (Å²) in [6.07, 6.45) is 0.340. The van der Waals surface area contributed by atoms with E-state index in [1.54, 1.807) is 19.1 Å². The SMILES string of the molecule is CCC(=O)N=C1S[C@H]2CS(=O)(=O)C[C@@H]2N1Cc1ccc(Cl)cc1. The van der Waals surface area contributed by atoms with Crippen LogP contribution in [0.5, 0.6) is 0 Å². The number of amidine groups is 1. The van der Waals surface area contributed by atoms with Gasteiger partial charge in [0, 0.05) is 23.2 Å². The van der Waals surface area contributed by atoms with E-state index in [1.165, 1.54) is 11.8 Å². The quantitative estimate of drug-likeness (QED) is 0.814. The maximum atomic E-state index is 11.9. The van der Waals surface area contributed by atoms with Crippen molar-refractivity contribution in [2.75, 3.05) is 11.5 Å². The fourth-order valence-electron chi connectivity index (χ4n) is 2.79. The monoisotopic (exact) mass is 372 g/mol. The fourth-order valence-corrected chi connectivity index (χ4v) is 6.89. The van der Waals surface area contributed by atoms with Crippen LogP contribution < -0.4 is 0 Å². The number of sulfone groups is 1. The predicted octanol–water partition coefficient (Wildman–Crippen LogP) is 2.35. The van der Waals surface area contributed by atoms with Crippen molar-refractivity contribution in [2.45, 2.75) is 31.2 Å². The highest BCUT2D eigenvalue weighted by Gasteiger charge is 2.48. The number of carbonyl (C=O) groups excluding carboxylic acids is 1. The first-order valence-electron chi connectivity index (χ1n) is 7.37. The average Bonchev–Trinajstić information content (AvgIpc) is 2.94. The third-order valence-corrected chi connectivity index (χ3v) is 7.46. The van der Waals surface area contributed by atoms with E-state index in [0.717, 1.165) is 5.56 Å². The van der Waals surface area contributed by atoms with Crippen LogP contribution in [0.4, 0.5) is 0 Å². The molecule has 5 nitrogen and oxygen atoms in total. The normalized spacial score (nSPS) is 27.4. The lowest BCUT2D eigenvalue weighted by molar-refractivity contribution is -0.117. The second-order valence-corrected chi connectivity index (χ2v) is 9.49. The van der Waals surface area contributed by atoms with Gasteiger partial charge in [-0.2, -0.15) is 4.99 Å². The summed E-state index contributed by atoms with van der Waals surface area (Å²) in [4.78, 5) is 17.8. The minimum absolute atomic E-state index is 0.0456. The zero-order chi connectivity index (χ0) is 16.6. The molecule has 2 fully saturated rings. The van der Waals surface area contributed by atoms with Gasteiger partial charge in [-0.15, -0.1) is 0 Å². The lowest BCUT2D eigenvalue weighted by Gasteiger charge is -2.24. The summed E-state index contributed by atoms with van der Waals surface area (Å²) in [5, 5.41) is 1.24. The van der Waals surface area contributed by atoms with Crippen molar-refractivity contribution in [3.63, 3.8) is 0 Å². The Kier molecular flexibility index (Phi) is 4.71. The molecule has 2 saturated heterocycles. The Bertz CT molecular complexity index is 746. The van der Waals surface area contributed by atoms with E-state index in [2.05, 4.69) is 4.99 Å². The maximum Gasteiger partial charge on any atom is 0.247 e. The molecular weight excluding hydrogens is 356 g/mol. The van der Waals surface area contributed by atoms with E-state index in [4.69, 9.17) is 11.6 Å². The van der Waals surface area contributed by atoms with Crippen molar-refractivity contribution in [1.82, 2.24) is 4.90 Å². The summed E-state index contributed by atoms with van der Waals surface area (Å²) in [5.41, 5.74) is 1.01. The summed E-state index contributed by atoms with van der Waals surface area (Å²) in [6, 6.07) is 7.30. The van der Waals surface area contributed by atoms with Crippen molar-refractivity contribution >= 4 is 44.3 Å². The minimum Gasteiger partial charge on any atom is -0.342 e. The van der Waals surface area contributed by atoms with Crippen molar-refractivity contribution in [3.8, 4) is 0 Å². The second-order valence-electron chi connectivity index (χ2n) is 5.70. The van der Waals surface area contributed by atoms with Gasteiger partial charge in [0.25, 0.3) is 0 Å². The number of fused-ring (bicyclic) bond motifs is 1. The summed E-state index contributed by atoms with van der Waals surface area (Å²) in [7, 11) is -3.02. The maximum absolute atomic E-state index is 11.9. The summed E-state index contributed by atoms with van der Waals surface area (Å²) >= 11 is 7.31. The molecule has 23 heavy (non-hydrogen) atoms. The van der Waals surface area contributed by atoms with Gasteiger partial charge in [-0.1, -0.05) is 42.4 Å². The van der Waals surface area contributed by atoms with Crippen LogP contribution in [0.2, 0.25) is 5.02 Å². The van der Waals surface area contributed by atoms with Crippen LogP contribution in [0.15, 0.2) is 29.3 Å². The summed E-state index contributed by atoms with van der Waals surface area (Å²) in [6.45, 7) is 2.29. The Morgan fingerprint density at radius 2 is 2.04 bits per heavy atom. The molecule has 0 aromatic heterocycles. The molecule has 2 aliphatic heterocycles. The van der Waals surface area contributed by atoms with Crippen LogP contribution in [0.3, 0.4) is 0 Å². The minimum atomic E-state index is -3.02. The Balaban J connectivity index is 1.88. The molecule has 124 valence electrons. The smallest absolute Gasteiger partial charge is 0.247 e. The van der Waals surface area contributed by atoms with Crippen LogP contribution in [0, 0.1) is 0 Å². The number of carbonyl (C=O) groups is 1. The first-order chi connectivity index (χ1) is 10.9. The van der Waals surface area contributed by atoms with Gasteiger partial charge in [-0.05, 0) is 17.7 Å². The second kappa shape index (κ2) is 6.45. The Morgan fingerprint density at radius 1 is 1.35 bits per heavy atom. The number of hydrogen-bond acceptors (Lipinski definition) is 4. The number of hydrogen-bond donors (Lipinski definition) is 0. The van der Waals surface area contributed by atoms with Crippen LogP contribution in [-0.2, 0) is 21.2 Å². The molecule has 8 heteroatoms. The highest BCUT2D eigenvalue weighted by atomic mass is 35.5. The summed E-state index contributed by atoms with van der Waals surface area (Å²) < 4.78 is 23.8. The van der Waals surface area contributed by atoms with Crippen molar-refractivity contribution in [1.29, 1.82) is 0 Å². The van der Waals surface area contributed by atoms with E-state index in [9.17, 15) is 13.2 Å². The van der Waals surface area contributed by atoms with E-state index in [-0.39, 0.29) is 28.7 Å². The number of rotatable bonds is 3. The Morgan fingerprint density at radius 3 is 2.70 bits per heavy atom. The molecule has 0 radical (unpaired) electrons. The molecule has 0 bridgehead atoms.